The molecule has 0 spiro atoms. The Balaban J connectivity index is 3.03. The number of halogens is 1. The number of hydrogen-bond acceptors (Lipinski definition) is 4. The van der Waals surface area contributed by atoms with Crippen LogP contribution in [0.15, 0.2) is 23.3 Å². The Morgan fingerprint density at radius 1 is 1.47 bits per heavy atom. The second-order valence-corrected chi connectivity index (χ2v) is 3.84. The molecule has 8 heteroatoms. The molecule has 1 aromatic carbocycles. The van der Waals surface area contributed by atoms with Gasteiger partial charge in [-0.25, -0.2) is 4.39 Å². The van der Waals surface area contributed by atoms with E-state index < -0.39 is 30.4 Å². The van der Waals surface area contributed by atoms with Gasteiger partial charge < -0.3 is 15.3 Å². The Bertz CT molecular complexity index is 517. The number of azide groups is 1. The van der Waals surface area contributed by atoms with Gasteiger partial charge in [-0.1, -0.05) is 11.2 Å². The summed E-state index contributed by atoms with van der Waals surface area (Å²) in [5, 5.41) is 31.2. The van der Waals surface area contributed by atoms with Gasteiger partial charge in [0.05, 0.1) is 19.1 Å². The van der Waals surface area contributed by atoms with Crippen LogP contribution in [-0.2, 0) is 11.2 Å². The molecule has 3 N–H and O–H groups in total. The van der Waals surface area contributed by atoms with Crippen molar-refractivity contribution in [1.82, 2.24) is 0 Å². The van der Waals surface area contributed by atoms with E-state index in [1.807, 2.05) is 0 Å². The summed E-state index contributed by atoms with van der Waals surface area (Å²) in [7, 11) is 0. The van der Waals surface area contributed by atoms with E-state index in [1.165, 1.54) is 6.07 Å². The number of rotatable bonds is 6. The second-order valence-electron chi connectivity index (χ2n) is 3.84. The van der Waals surface area contributed by atoms with Crippen molar-refractivity contribution in [3.05, 3.63) is 45.6 Å². The fourth-order valence-electron chi connectivity index (χ4n) is 1.61. The van der Waals surface area contributed by atoms with Gasteiger partial charge in [0.2, 0.25) is 0 Å². The van der Waals surface area contributed by atoms with Crippen LogP contribution < -0.4 is 0 Å². The molecule has 2 atom stereocenters. The van der Waals surface area contributed by atoms with Crippen molar-refractivity contribution in [3.8, 4) is 0 Å². The predicted molar refractivity (Wildman–Crippen MR) is 62.7 cm³/mol. The van der Waals surface area contributed by atoms with E-state index in [0.29, 0.717) is 0 Å². The molecule has 0 aliphatic heterocycles. The molecule has 19 heavy (non-hydrogen) atoms. The molecule has 0 fully saturated rings. The Morgan fingerprint density at radius 2 is 2.16 bits per heavy atom. The van der Waals surface area contributed by atoms with Crippen LogP contribution in [0.4, 0.5) is 4.39 Å². The molecular formula is C11H12FN3O4. The van der Waals surface area contributed by atoms with Crippen molar-refractivity contribution >= 4 is 5.97 Å². The van der Waals surface area contributed by atoms with E-state index in [4.69, 9.17) is 10.6 Å². The fourth-order valence-corrected chi connectivity index (χ4v) is 1.61. The van der Waals surface area contributed by atoms with Crippen molar-refractivity contribution in [1.29, 1.82) is 0 Å². The highest BCUT2D eigenvalue weighted by Gasteiger charge is 2.21. The summed E-state index contributed by atoms with van der Waals surface area (Å²) in [6, 6.07) is 3.22. The van der Waals surface area contributed by atoms with Gasteiger partial charge in [-0.15, -0.1) is 0 Å². The summed E-state index contributed by atoms with van der Waals surface area (Å²) in [6.45, 7) is -0.373. The maximum atomic E-state index is 13.1. The van der Waals surface area contributed by atoms with Gasteiger partial charge in [0.15, 0.2) is 0 Å². The van der Waals surface area contributed by atoms with Crippen molar-refractivity contribution in [2.45, 2.75) is 18.6 Å². The summed E-state index contributed by atoms with van der Waals surface area (Å²) < 4.78 is 13.1. The van der Waals surface area contributed by atoms with Gasteiger partial charge in [0, 0.05) is 4.91 Å². The van der Waals surface area contributed by atoms with E-state index in [2.05, 4.69) is 10.0 Å². The SMILES string of the molecule is [N-]=[N+]=NCC(O)C(O)c1ccc(F)cc1CC(=O)O. The first-order valence-electron chi connectivity index (χ1n) is 5.32. The molecule has 0 heterocycles. The number of benzene rings is 1. The first kappa shape index (κ1) is 14.9. The summed E-state index contributed by atoms with van der Waals surface area (Å²) >= 11 is 0. The minimum atomic E-state index is -1.46. The van der Waals surface area contributed by atoms with E-state index in [0.717, 1.165) is 12.1 Å². The van der Waals surface area contributed by atoms with Gasteiger partial charge in [0.1, 0.15) is 11.9 Å². The smallest absolute Gasteiger partial charge is 0.307 e. The maximum absolute atomic E-state index is 13.1. The lowest BCUT2D eigenvalue weighted by atomic mass is 9.96. The summed E-state index contributed by atoms with van der Waals surface area (Å²) in [5.41, 5.74) is 8.26. The van der Waals surface area contributed by atoms with Crippen LogP contribution >= 0.6 is 0 Å². The maximum Gasteiger partial charge on any atom is 0.307 e. The van der Waals surface area contributed by atoms with Gasteiger partial charge in [-0.3, -0.25) is 4.79 Å². The van der Waals surface area contributed by atoms with Crippen LogP contribution in [0.25, 0.3) is 10.4 Å². The quantitative estimate of drug-likeness (QED) is 0.406. The molecule has 2 unspecified atom stereocenters. The second kappa shape index (κ2) is 6.69. The van der Waals surface area contributed by atoms with Gasteiger partial charge in [-0.05, 0) is 28.8 Å². The molecule has 0 amide bonds. The van der Waals surface area contributed by atoms with Crippen LogP contribution in [0, 0.1) is 5.82 Å². The summed E-state index contributed by atoms with van der Waals surface area (Å²) in [6.07, 6.45) is -3.34. The highest BCUT2D eigenvalue weighted by molar-refractivity contribution is 5.70. The first-order valence-corrected chi connectivity index (χ1v) is 5.32. The van der Waals surface area contributed by atoms with E-state index in [-0.39, 0.29) is 17.7 Å². The van der Waals surface area contributed by atoms with Crippen molar-refractivity contribution in [3.63, 3.8) is 0 Å². The lowest BCUT2D eigenvalue weighted by Crippen LogP contribution is -2.23. The molecule has 102 valence electrons. The number of aliphatic hydroxyl groups is 2. The minimum absolute atomic E-state index is 0.0555. The number of hydrogen-bond donors (Lipinski definition) is 3. The predicted octanol–water partition coefficient (Wildman–Crippen LogP) is 1.16. The van der Waals surface area contributed by atoms with Crippen LogP contribution in [0.2, 0.25) is 0 Å². The normalized spacial score (nSPS) is 13.4. The number of aliphatic hydroxyl groups excluding tert-OH is 2. The molecule has 1 rings (SSSR count). The Kier molecular flexibility index (Phi) is 5.25. The van der Waals surface area contributed by atoms with Gasteiger partial charge >= 0.3 is 5.97 Å². The topological polar surface area (TPSA) is 127 Å². The van der Waals surface area contributed by atoms with Crippen LogP contribution in [0.5, 0.6) is 0 Å². The fraction of sp³-hybridized carbons (Fsp3) is 0.364. The van der Waals surface area contributed by atoms with Gasteiger partial charge in [0.25, 0.3) is 0 Å². The average molecular weight is 269 g/mol. The third kappa shape index (κ3) is 4.22. The van der Waals surface area contributed by atoms with E-state index in [1.54, 1.807) is 0 Å². The summed E-state index contributed by atoms with van der Waals surface area (Å²) in [4.78, 5) is 13.1. The third-order valence-electron chi connectivity index (χ3n) is 2.46. The molecular weight excluding hydrogens is 257 g/mol. The van der Waals surface area contributed by atoms with Crippen LogP contribution in [0.3, 0.4) is 0 Å². The van der Waals surface area contributed by atoms with Crippen molar-refractivity contribution < 1.29 is 24.5 Å². The zero-order chi connectivity index (χ0) is 14.4. The largest absolute Gasteiger partial charge is 0.481 e. The average Bonchev–Trinajstić information content (AvgIpc) is 2.34. The third-order valence-corrected chi connectivity index (χ3v) is 2.46. The monoisotopic (exact) mass is 269 g/mol. The standard InChI is InChI=1S/C11H12FN3O4/c12-7-1-2-8(6(3-7)4-10(17)18)11(19)9(16)5-14-15-13/h1-3,9,11,16,19H,4-5H2,(H,17,18). The van der Waals surface area contributed by atoms with Crippen LogP contribution in [0.1, 0.15) is 17.2 Å². The molecule has 0 radical (unpaired) electrons. The van der Waals surface area contributed by atoms with Crippen LogP contribution in [-0.4, -0.2) is 33.9 Å². The van der Waals surface area contributed by atoms with E-state index >= 15 is 0 Å². The molecule has 7 nitrogen and oxygen atoms in total. The Labute approximate surface area is 107 Å². The van der Waals surface area contributed by atoms with Crippen molar-refractivity contribution in [2.24, 2.45) is 5.11 Å². The molecule has 0 saturated heterocycles. The lowest BCUT2D eigenvalue weighted by Gasteiger charge is -2.19. The van der Waals surface area contributed by atoms with E-state index in [9.17, 15) is 19.4 Å². The highest BCUT2D eigenvalue weighted by Crippen LogP contribution is 2.23. The minimum Gasteiger partial charge on any atom is -0.481 e. The Morgan fingerprint density at radius 3 is 2.74 bits per heavy atom. The lowest BCUT2D eigenvalue weighted by molar-refractivity contribution is -0.136. The molecule has 0 saturated carbocycles. The molecule has 0 aliphatic rings. The zero-order valence-corrected chi connectivity index (χ0v) is 9.77. The number of carboxylic acid groups (broad SMARTS) is 1. The van der Waals surface area contributed by atoms with Gasteiger partial charge in [-0.2, -0.15) is 0 Å². The molecule has 0 bridgehead atoms. The number of carbonyl (C=O) groups is 1. The zero-order valence-electron chi connectivity index (χ0n) is 9.77. The Hall–Kier alpha value is -2.15. The number of aliphatic carboxylic acids is 1. The molecule has 0 aliphatic carbocycles. The number of nitrogens with zero attached hydrogens (tertiary/aromatic N) is 3. The highest BCUT2D eigenvalue weighted by atomic mass is 19.1. The molecule has 0 aromatic heterocycles. The number of carboxylic acids is 1. The first-order chi connectivity index (χ1) is 8.95. The van der Waals surface area contributed by atoms with Crippen molar-refractivity contribution in [2.75, 3.05) is 6.54 Å². The molecule has 1 aromatic rings. The summed E-state index contributed by atoms with van der Waals surface area (Å²) in [5.74, 6) is -1.83.